The minimum Gasteiger partial charge on any atom is -0.466 e. The fourth-order valence-corrected chi connectivity index (χ4v) is 5.54. The SMILES string of the molecule is CCOC(=O)CCCCCC(=O)N1C[C@@H](CN[C@H](C)c2cccc3ccccc23)[C@@H](c2ccccc2)C1. The molecule has 37 heavy (non-hydrogen) atoms. The van der Waals surface area contributed by atoms with Crippen LogP contribution in [0, 0.1) is 5.92 Å². The molecule has 0 aromatic heterocycles. The van der Waals surface area contributed by atoms with E-state index in [1.807, 2.05) is 13.0 Å². The van der Waals surface area contributed by atoms with E-state index in [4.69, 9.17) is 4.74 Å². The summed E-state index contributed by atoms with van der Waals surface area (Å²) in [5, 5.41) is 6.34. The predicted octanol–water partition coefficient (Wildman–Crippen LogP) is 6.25. The molecule has 0 radical (unpaired) electrons. The minimum atomic E-state index is -0.146. The second-order valence-corrected chi connectivity index (χ2v) is 10.1. The number of benzene rings is 3. The molecule has 3 aromatic rings. The maximum Gasteiger partial charge on any atom is 0.305 e. The van der Waals surface area contributed by atoms with E-state index < -0.39 is 0 Å². The highest BCUT2D eigenvalue weighted by Gasteiger charge is 2.35. The fourth-order valence-electron chi connectivity index (χ4n) is 5.54. The third kappa shape index (κ3) is 7.20. The Morgan fingerprint density at radius 1 is 0.919 bits per heavy atom. The van der Waals surface area contributed by atoms with Crippen LogP contribution in [-0.4, -0.2) is 43.0 Å². The lowest BCUT2D eigenvalue weighted by Crippen LogP contribution is -2.31. The zero-order valence-corrected chi connectivity index (χ0v) is 22.2. The molecule has 1 fully saturated rings. The van der Waals surface area contributed by atoms with Gasteiger partial charge in [0.2, 0.25) is 5.91 Å². The van der Waals surface area contributed by atoms with Crippen molar-refractivity contribution in [2.45, 2.75) is 57.9 Å². The number of ether oxygens (including phenoxy) is 1. The molecule has 3 aromatic carbocycles. The van der Waals surface area contributed by atoms with Gasteiger partial charge in [-0.25, -0.2) is 0 Å². The lowest BCUT2D eigenvalue weighted by atomic mass is 9.88. The quantitative estimate of drug-likeness (QED) is 0.236. The van der Waals surface area contributed by atoms with Gasteiger partial charge in [0, 0.05) is 44.4 Å². The van der Waals surface area contributed by atoms with Crippen molar-refractivity contribution in [2.75, 3.05) is 26.2 Å². The Balaban J connectivity index is 1.35. The number of unbranched alkanes of at least 4 members (excludes halogenated alkanes) is 2. The van der Waals surface area contributed by atoms with Crippen molar-refractivity contribution in [1.29, 1.82) is 0 Å². The second-order valence-electron chi connectivity index (χ2n) is 10.1. The van der Waals surface area contributed by atoms with Gasteiger partial charge in [-0.2, -0.15) is 0 Å². The zero-order chi connectivity index (χ0) is 26.0. The summed E-state index contributed by atoms with van der Waals surface area (Å²) < 4.78 is 4.99. The molecule has 5 heteroatoms. The lowest BCUT2D eigenvalue weighted by Gasteiger charge is -2.23. The molecule has 5 nitrogen and oxygen atoms in total. The summed E-state index contributed by atoms with van der Waals surface area (Å²) in [6, 6.07) is 25.9. The van der Waals surface area contributed by atoms with Crippen LogP contribution in [0.5, 0.6) is 0 Å². The van der Waals surface area contributed by atoms with Crippen molar-refractivity contribution >= 4 is 22.6 Å². The van der Waals surface area contributed by atoms with E-state index in [0.717, 1.165) is 38.9 Å². The smallest absolute Gasteiger partial charge is 0.305 e. The number of fused-ring (bicyclic) bond motifs is 1. The molecule has 0 saturated carbocycles. The van der Waals surface area contributed by atoms with Gasteiger partial charge in [-0.15, -0.1) is 0 Å². The molecule has 1 heterocycles. The van der Waals surface area contributed by atoms with Gasteiger partial charge >= 0.3 is 5.97 Å². The molecule has 3 atom stereocenters. The van der Waals surface area contributed by atoms with E-state index in [-0.39, 0.29) is 17.9 Å². The number of hydrogen-bond donors (Lipinski definition) is 1. The van der Waals surface area contributed by atoms with Crippen LogP contribution in [0.1, 0.15) is 69.0 Å². The van der Waals surface area contributed by atoms with Crippen molar-refractivity contribution in [1.82, 2.24) is 10.2 Å². The molecular formula is C32H40N2O3. The largest absolute Gasteiger partial charge is 0.466 e. The van der Waals surface area contributed by atoms with Crippen molar-refractivity contribution in [3.63, 3.8) is 0 Å². The van der Waals surface area contributed by atoms with Gasteiger partial charge in [0.15, 0.2) is 0 Å². The number of rotatable bonds is 12. The minimum absolute atomic E-state index is 0.146. The number of nitrogens with one attached hydrogen (secondary N) is 1. The molecule has 1 amide bonds. The molecule has 1 N–H and O–H groups in total. The molecule has 196 valence electrons. The first-order chi connectivity index (χ1) is 18.1. The summed E-state index contributed by atoms with van der Waals surface area (Å²) in [5.74, 6) is 0.752. The summed E-state index contributed by atoms with van der Waals surface area (Å²) >= 11 is 0. The summed E-state index contributed by atoms with van der Waals surface area (Å²) in [6.45, 7) is 6.87. The molecule has 0 aliphatic carbocycles. The summed E-state index contributed by atoms with van der Waals surface area (Å²) in [4.78, 5) is 26.7. The van der Waals surface area contributed by atoms with Gasteiger partial charge in [-0.05, 0) is 54.5 Å². The topological polar surface area (TPSA) is 58.6 Å². The second kappa shape index (κ2) is 13.4. The van der Waals surface area contributed by atoms with Crippen LogP contribution in [0.3, 0.4) is 0 Å². The van der Waals surface area contributed by atoms with Gasteiger partial charge in [0.25, 0.3) is 0 Å². The molecule has 0 bridgehead atoms. The van der Waals surface area contributed by atoms with E-state index >= 15 is 0 Å². The van der Waals surface area contributed by atoms with Crippen molar-refractivity contribution in [2.24, 2.45) is 5.92 Å². The van der Waals surface area contributed by atoms with Crippen LogP contribution in [0.4, 0.5) is 0 Å². The van der Waals surface area contributed by atoms with E-state index in [1.54, 1.807) is 0 Å². The zero-order valence-electron chi connectivity index (χ0n) is 22.2. The van der Waals surface area contributed by atoms with Crippen LogP contribution in [0.15, 0.2) is 72.8 Å². The van der Waals surface area contributed by atoms with Crippen LogP contribution in [0.25, 0.3) is 10.8 Å². The molecular weight excluding hydrogens is 460 g/mol. The highest BCUT2D eigenvalue weighted by Crippen LogP contribution is 2.34. The summed E-state index contributed by atoms with van der Waals surface area (Å²) in [7, 11) is 0. The first-order valence-electron chi connectivity index (χ1n) is 13.8. The highest BCUT2D eigenvalue weighted by atomic mass is 16.5. The van der Waals surface area contributed by atoms with Crippen molar-refractivity contribution < 1.29 is 14.3 Å². The monoisotopic (exact) mass is 500 g/mol. The van der Waals surface area contributed by atoms with E-state index in [0.29, 0.717) is 31.3 Å². The Kier molecular flexibility index (Phi) is 9.72. The Morgan fingerprint density at radius 2 is 1.65 bits per heavy atom. The summed E-state index contributed by atoms with van der Waals surface area (Å²) in [5.41, 5.74) is 2.61. The van der Waals surface area contributed by atoms with Crippen LogP contribution in [0.2, 0.25) is 0 Å². The highest BCUT2D eigenvalue weighted by molar-refractivity contribution is 5.86. The van der Waals surface area contributed by atoms with Crippen LogP contribution < -0.4 is 5.32 Å². The van der Waals surface area contributed by atoms with Crippen LogP contribution >= 0.6 is 0 Å². The standard InChI is InChI=1S/C32H40N2O3/c1-3-37-32(36)20-9-5-8-19-31(35)34-22-27(30(23-34)26-13-6-4-7-14-26)21-33-24(2)28-18-12-16-25-15-10-11-17-29(25)28/h4,6-7,10-18,24,27,30,33H,3,5,8-9,19-23H2,1-2H3/t24-,27-,30-/m1/s1. The fraction of sp³-hybridized carbons (Fsp3) is 0.438. The van der Waals surface area contributed by atoms with Gasteiger partial charge in [-0.3, -0.25) is 9.59 Å². The lowest BCUT2D eigenvalue weighted by molar-refractivity contribution is -0.143. The van der Waals surface area contributed by atoms with Gasteiger partial charge in [-0.1, -0.05) is 79.2 Å². The number of carbonyl (C=O) groups is 2. The average Bonchev–Trinajstić information content (AvgIpc) is 3.36. The molecule has 1 saturated heterocycles. The first kappa shape index (κ1) is 26.9. The number of carbonyl (C=O) groups excluding carboxylic acids is 2. The van der Waals surface area contributed by atoms with Gasteiger partial charge in [0.05, 0.1) is 6.61 Å². The van der Waals surface area contributed by atoms with E-state index in [2.05, 4.69) is 83.9 Å². The number of nitrogens with zero attached hydrogens (tertiary/aromatic N) is 1. The Hall–Kier alpha value is -3.18. The number of likely N-dealkylation sites (tertiary alicyclic amines) is 1. The number of esters is 1. The van der Waals surface area contributed by atoms with Gasteiger partial charge in [0.1, 0.15) is 0 Å². The molecule has 1 aliphatic heterocycles. The third-order valence-electron chi connectivity index (χ3n) is 7.57. The Labute approximate surface area is 221 Å². The van der Waals surface area contributed by atoms with Crippen molar-refractivity contribution in [3.05, 3.63) is 83.9 Å². The van der Waals surface area contributed by atoms with Gasteiger partial charge < -0.3 is 15.0 Å². The normalized spacial score (nSPS) is 18.2. The summed E-state index contributed by atoms with van der Waals surface area (Å²) in [6.07, 6.45) is 3.43. The molecule has 4 rings (SSSR count). The average molecular weight is 501 g/mol. The van der Waals surface area contributed by atoms with E-state index in [1.165, 1.54) is 21.9 Å². The maximum absolute atomic E-state index is 13.1. The molecule has 0 spiro atoms. The third-order valence-corrected chi connectivity index (χ3v) is 7.57. The molecule has 0 unspecified atom stereocenters. The maximum atomic E-state index is 13.1. The predicted molar refractivity (Wildman–Crippen MR) is 149 cm³/mol. The Morgan fingerprint density at radius 3 is 2.46 bits per heavy atom. The van der Waals surface area contributed by atoms with Crippen molar-refractivity contribution in [3.8, 4) is 0 Å². The Bertz CT molecular complexity index is 1160. The first-order valence-corrected chi connectivity index (χ1v) is 13.8. The number of amides is 1. The van der Waals surface area contributed by atoms with Crippen LogP contribution in [-0.2, 0) is 14.3 Å². The van der Waals surface area contributed by atoms with E-state index in [9.17, 15) is 9.59 Å². The number of hydrogen-bond acceptors (Lipinski definition) is 4. The molecule has 1 aliphatic rings.